The molecule has 3 heteroatoms. The van der Waals surface area contributed by atoms with Gasteiger partial charge in [0.1, 0.15) is 0 Å². The molecule has 0 saturated heterocycles. The maximum Gasteiger partial charge on any atom is 0.154 e. The Bertz CT molecular complexity index is 59.0. The lowest BCUT2D eigenvalue weighted by Crippen LogP contribution is -2.12. The number of alkyl halides is 1. The van der Waals surface area contributed by atoms with Gasteiger partial charge in [-0.05, 0) is 13.8 Å². The molecule has 0 aliphatic carbocycles. The summed E-state index contributed by atoms with van der Waals surface area (Å²) in [4.78, 5) is 0. The van der Waals surface area contributed by atoms with Gasteiger partial charge in [-0.3, -0.25) is 0 Å². The van der Waals surface area contributed by atoms with Crippen LogP contribution in [0.25, 0.3) is 0 Å². The maximum atomic E-state index is 5.61. The van der Waals surface area contributed by atoms with E-state index in [0.717, 1.165) is 0 Å². The minimum atomic E-state index is -0.282. The predicted octanol–water partition coefficient (Wildman–Crippen LogP) is 1.62. The molecule has 0 saturated carbocycles. The second-order valence-electron chi connectivity index (χ2n) is 1.52. The Morgan fingerprint density at radius 2 is 2.00 bits per heavy atom. The molecule has 0 N–H and O–H groups in total. The molecule has 0 fully saturated rings. The first-order valence-corrected chi connectivity index (χ1v) is 3.58. The highest BCUT2D eigenvalue weighted by Gasteiger charge is 2.00. The SMILES string of the molecule is CCOCC(Cl)OCC. The van der Waals surface area contributed by atoms with Crippen LogP contribution in [0.3, 0.4) is 0 Å². The van der Waals surface area contributed by atoms with Gasteiger partial charge in [0.25, 0.3) is 0 Å². The molecule has 0 heterocycles. The molecule has 0 aromatic carbocycles. The van der Waals surface area contributed by atoms with Crippen molar-refractivity contribution >= 4 is 11.6 Å². The summed E-state index contributed by atoms with van der Waals surface area (Å²) in [5.41, 5.74) is -0.282. The first kappa shape index (κ1) is 9.21. The van der Waals surface area contributed by atoms with E-state index in [0.29, 0.717) is 19.8 Å². The van der Waals surface area contributed by atoms with Gasteiger partial charge >= 0.3 is 0 Å². The van der Waals surface area contributed by atoms with Gasteiger partial charge in [-0.2, -0.15) is 0 Å². The van der Waals surface area contributed by atoms with E-state index in [4.69, 9.17) is 21.1 Å². The van der Waals surface area contributed by atoms with Gasteiger partial charge in [0, 0.05) is 13.2 Å². The average Bonchev–Trinajstić information content (AvgIpc) is 1.85. The Labute approximate surface area is 61.1 Å². The average molecular weight is 153 g/mol. The number of ether oxygens (including phenoxy) is 2. The van der Waals surface area contributed by atoms with E-state index in [2.05, 4.69) is 0 Å². The third-order valence-corrected chi connectivity index (χ3v) is 1.05. The highest BCUT2D eigenvalue weighted by Crippen LogP contribution is 1.97. The predicted molar refractivity (Wildman–Crippen MR) is 37.8 cm³/mol. The van der Waals surface area contributed by atoms with Crippen LogP contribution in [0.4, 0.5) is 0 Å². The zero-order chi connectivity index (χ0) is 7.11. The Balaban J connectivity index is 2.95. The van der Waals surface area contributed by atoms with Crippen LogP contribution in [0.15, 0.2) is 0 Å². The molecule has 0 aliphatic heterocycles. The van der Waals surface area contributed by atoms with Crippen LogP contribution < -0.4 is 0 Å². The lowest BCUT2D eigenvalue weighted by molar-refractivity contribution is 0.0350. The van der Waals surface area contributed by atoms with Gasteiger partial charge in [-0.25, -0.2) is 0 Å². The van der Waals surface area contributed by atoms with Gasteiger partial charge in [0.05, 0.1) is 6.61 Å². The molecular weight excluding hydrogens is 140 g/mol. The zero-order valence-electron chi connectivity index (χ0n) is 5.89. The number of hydrogen-bond acceptors (Lipinski definition) is 2. The minimum absolute atomic E-state index is 0.282. The Kier molecular flexibility index (Phi) is 6.48. The normalized spacial score (nSPS) is 13.7. The second-order valence-corrected chi connectivity index (χ2v) is 2.01. The zero-order valence-corrected chi connectivity index (χ0v) is 6.65. The van der Waals surface area contributed by atoms with Crippen molar-refractivity contribution in [3.05, 3.63) is 0 Å². The fourth-order valence-electron chi connectivity index (χ4n) is 0.439. The van der Waals surface area contributed by atoms with E-state index in [1.807, 2.05) is 13.8 Å². The lowest BCUT2D eigenvalue weighted by Gasteiger charge is -2.07. The second kappa shape index (κ2) is 6.33. The molecule has 0 aromatic heterocycles. The first-order valence-electron chi connectivity index (χ1n) is 3.14. The molecule has 2 nitrogen and oxygen atoms in total. The van der Waals surface area contributed by atoms with Gasteiger partial charge in [-0.1, -0.05) is 11.6 Å². The third-order valence-electron chi connectivity index (χ3n) is 0.801. The topological polar surface area (TPSA) is 18.5 Å². The summed E-state index contributed by atoms with van der Waals surface area (Å²) in [5, 5.41) is 0. The van der Waals surface area contributed by atoms with Crippen molar-refractivity contribution in [1.82, 2.24) is 0 Å². The van der Waals surface area contributed by atoms with Crippen LogP contribution in [-0.2, 0) is 9.47 Å². The van der Waals surface area contributed by atoms with Crippen molar-refractivity contribution in [2.75, 3.05) is 19.8 Å². The van der Waals surface area contributed by atoms with Crippen molar-refractivity contribution < 1.29 is 9.47 Å². The van der Waals surface area contributed by atoms with Gasteiger partial charge < -0.3 is 9.47 Å². The molecule has 0 radical (unpaired) electrons. The van der Waals surface area contributed by atoms with E-state index < -0.39 is 0 Å². The van der Waals surface area contributed by atoms with Crippen LogP contribution in [0.5, 0.6) is 0 Å². The molecule has 0 spiro atoms. The molecular formula is C6H13ClO2. The quantitative estimate of drug-likeness (QED) is 0.558. The number of halogens is 1. The van der Waals surface area contributed by atoms with Crippen LogP contribution >= 0.6 is 11.6 Å². The van der Waals surface area contributed by atoms with E-state index in [-0.39, 0.29) is 5.56 Å². The molecule has 0 aromatic rings. The Morgan fingerprint density at radius 1 is 1.33 bits per heavy atom. The molecule has 0 rings (SSSR count). The molecule has 1 atom stereocenters. The maximum absolute atomic E-state index is 5.61. The van der Waals surface area contributed by atoms with Crippen LogP contribution in [0, 0.1) is 0 Å². The summed E-state index contributed by atoms with van der Waals surface area (Å²) in [6, 6.07) is 0. The van der Waals surface area contributed by atoms with Crippen molar-refractivity contribution in [3.63, 3.8) is 0 Å². The van der Waals surface area contributed by atoms with Crippen LogP contribution in [-0.4, -0.2) is 25.4 Å². The summed E-state index contributed by atoms with van der Waals surface area (Å²) in [7, 11) is 0. The minimum Gasteiger partial charge on any atom is -0.378 e. The van der Waals surface area contributed by atoms with E-state index >= 15 is 0 Å². The summed E-state index contributed by atoms with van der Waals surface area (Å²) < 4.78 is 9.98. The van der Waals surface area contributed by atoms with Gasteiger partial charge in [0.15, 0.2) is 5.56 Å². The third kappa shape index (κ3) is 6.09. The summed E-state index contributed by atoms with van der Waals surface area (Å²) in [6.07, 6.45) is 0. The van der Waals surface area contributed by atoms with Crippen LogP contribution in [0.2, 0.25) is 0 Å². The highest BCUT2D eigenvalue weighted by atomic mass is 35.5. The molecule has 56 valence electrons. The van der Waals surface area contributed by atoms with Crippen molar-refractivity contribution in [3.8, 4) is 0 Å². The van der Waals surface area contributed by atoms with E-state index in [1.54, 1.807) is 0 Å². The first-order chi connectivity index (χ1) is 4.31. The van der Waals surface area contributed by atoms with E-state index in [1.165, 1.54) is 0 Å². The van der Waals surface area contributed by atoms with Gasteiger partial charge in [-0.15, -0.1) is 0 Å². The molecule has 0 bridgehead atoms. The lowest BCUT2D eigenvalue weighted by atomic mass is 10.7. The number of hydrogen-bond donors (Lipinski definition) is 0. The molecule has 9 heavy (non-hydrogen) atoms. The fourth-order valence-corrected chi connectivity index (χ4v) is 0.655. The summed E-state index contributed by atoms with van der Waals surface area (Å²) in [5.74, 6) is 0. The largest absolute Gasteiger partial charge is 0.378 e. The van der Waals surface area contributed by atoms with E-state index in [9.17, 15) is 0 Å². The van der Waals surface area contributed by atoms with Crippen molar-refractivity contribution in [2.24, 2.45) is 0 Å². The molecule has 1 unspecified atom stereocenters. The summed E-state index contributed by atoms with van der Waals surface area (Å²) >= 11 is 5.61. The Hall–Kier alpha value is 0.210. The smallest absolute Gasteiger partial charge is 0.154 e. The Morgan fingerprint density at radius 3 is 2.44 bits per heavy atom. The van der Waals surface area contributed by atoms with Crippen molar-refractivity contribution in [1.29, 1.82) is 0 Å². The molecule has 0 amide bonds. The number of rotatable bonds is 5. The highest BCUT2D eigenvalue weighted by molar-refractivity contribution is 6.19. The molecule has 0 aliphatic rings. The standard InChI is InChI=1S/C6H13ClO2/c1-3-8-5-6(7)9-4-2/h6H,3-5H2,1-2H3. The summed E-state index contributed by atoms with van der Waals surface area (Å²) in [6.45, 7) is 5.64. The van der Waals surface area contributed by atoms with Gasteiger partial charge in [0.2, 0.25) is 0 Å². The van der Waals surface area contributed by atoms with Crippen LogP contribution in [0.1, 0.15) is 13.8 Å². The monoisotopic (exact) mass is 152 g/mol. The fraction of sp³-hybridized carbons (Fsp3) is 1.00. The van der Waals surface area contributed by atoms with Crippen molar-refractivity contribution in [2.45, 2.75) is 19.4 Å².